The van der Waals surface area contributed by atoms with Crippen molar-refractivity contribution >= 4 is 11.8 Å². The number of hydrogen-bond acceptors (Lipinski definition) is 4. The highest BCUT2D eigenvalue weighted by atomic mass is 16.5. The average Bonchev–Trinajstić information content (AvgIpc) is 3.42. The lowest BCUT2D eigenvalue weighted by Crippen LogP contribution is -2.44. The number of carbonyl (C=O) groups is 2. The van der Waals surface area contributed by atoms with Gasteiger partial charge in [-0.15, -0.1) is 0 Å². The molecule has 0 saturated carbocycles. The fourth-order valence-electron chi connectivity index (χ4n) is 4.01. The number of rotatable bonds is 8. The van der Waals surface area contributed by atoms with Gasteiger partial charge in [0.1, 0.15) is 5.76 Å². The van der Waals surface area contributed by atoms with Crippen LogP contribution in [0.4, 0.5) is 0 Å². The lowest BCUT2D eigenvalue weighted by atomic mass is 9.92. The summed E-state index contributed by atoms with van der Waals surface area (Å²) >= 11 is 0. The molecule has 1 aromatic carbocycles. The molecule has 1 N–H and O–H groups in total. The minimum Gasteiger partial charge on any atom is -0.451 e. The molecule has 0 aliphatic carbocycles. The van der Waals surface area contributed by atoms with Gasteiger partial charge in [-0.05, 0) is 36.5 Å². The van der Waals surface area contributed by atoms with Crippen molar-refractivity contribution in [2.24, 2.45) is 11.8 Å². The van der Waals surface area contributed by atoms with Crippen LogP contribution in [0.3, 0.4) is 0 Å². The molecule has 2 atom stereocenters. The third-order valence-corrected chi connectivity index (χ3v) is 5.74. The van der Waals surface area contributed by atoms with E-state index >= 15 is 0 Å². The Balaban J connectivity index is 1.78. The Labute approximate surface area is 178 Å². The number of ether oxygens (including phenoxy) is 1. The van der Waals surface area contributed by atoms with Gasteiger partial charge >= 0.3 is 0 Å². The van der Waals surface area contributed by atoms with Crippen molar-refractivity contribution in [1.82, 2.24) is 10.2 Å². The number of likely N-dealkylation sites (N-methyl/N-ethyl adjacent to an activating group) is 1. The Hall–Kier alpha value is -2.60. The number of furan rings is 1. The smallest absolute Gasteiger partial charge is 0.290 e. The van der Waals surface area contributed by atoms with Crippen LogP contribution >= 0.6 is 0 Å². The van der Waals surface area contributed by atoms with Crippen LogP contribution in [-0.2, 0) is 16.0 Å². The number of nitrogens with one attached hydrogen (secondary N) is 1. The van der Waals surface area contributed by atoms with E-state index in [-0.39, 0.29) is 36.1 Å². The normalized spacial score (nSPS) is 18.6. The summed E-state index contributed by atoms with van der Waals surface area (Å²) in [6.07, 6.45) is 1.95. The molecule has 2 amide bonds. The summed E-state index contributed by atoms with van der Waals surface area (Å²) in [5, 5.41) is 2.61. The minimum absolute atomic E-state index is 0.00210. The highest BCUT2D eigenvalue weighted by molar-refractivity contribution is 5.94. The SMILES string of the molecule is CCc1ccc(-c2ccc(C(=O)N(CC(=O)NC)CC3CCOC3C(C)C)o2)cc1. The number of aryl methyl sites for hydroxylation is 1. The van der Waals surface area contributed by atoms with Crippen molar-refractivity contribution in [2.75, 3.05) is 26.7 Å². The second-order valence-corrected chi connectivity index (χ2v) is 8.20. The van der Waals surface area contributed by atoms with E-state index in [0.717, 1.165) is 18.4 Å². The fourth-order valence-corrected chi connectivity index (χ4v) is 4.01. The molecule has 3 rings (SSSR count). The quantitative estimate of drug-likeness (QED) is 0.717. The molecule has 30 heavy (non-hydrogen) atoms. The number of carbonyl (C=O) groups excluding carboxylic acids is 2. The van der Waals surface area contributed by atoms with Crippen LogP contribution in [0.25, 0.3) is 11.3 Å². The fraction of sp³-hybridized carbons (Fsp3) is 0.500. The van der Waals surface area contributed by atoms with Crippen molar-refractivity contribution in [2.45, 2.75) is 39.7 Å². The van der Waals surface area contributed by atoms with Gasteiger partial charge in [0.2, 0.25) is 5.91 Å². The summed E-state index contributed by atoms with van der Waals surface area (Å²) in [4.78, 5) is 26.9. The van der Waals surface area contributed by atoms with E-state index in [4.69, 9.17) is 9.15 Å². The largest absolute Gasteiger partial charge is 0.451 e. The molecule has 6 heteroatoms. The molecule has 0 spiro atoms. The van der Waals surface area contributed by atoms with Gasteiger partial charge in [-0.25, -0.2) is 0 Å². The Morgan fingerprint density at radius 1 is 1.17 bits per heavy atom. The molecule has 0 bridgehead atoms. The van der Waals surface area contributed by atoms with Gasteiger partial charge in [0.25, 0.3) is 5.91 Å². The van der Waals surface area contributed by atoms with Gasteiger partial charge in [0.05, 0.1) is 12.6 Å². The van der Waals surface area contributed by atoms with E-state index in [1.54, 1.807) is 18.0 Å². The van der Waals surface area contributed by atoms with Gasteiger partial charge in [0, 0.05) is 31.7 Å². The van der Waals surface area contributed by atoms with Crippen molar-refractivity contribution in [3.8, 4) is 11.3 Å². The van der Waals surface area contributed by atoms with Crippen molar-refractivity contribution in [1.29, 1.82) is 0 Å². The number of nitrogens with zero attached hydrogens (tertiary/aromatic N) is 1. The Morgan fingerprint density at radius 3 is 2.53 bits per heavy atom. The van der Waals surface area contributed by atoms with E-state index in [2.05, 4.69) is 38.2 Å². The molecule has 1 fully saturated rings. The first-order valence-corrected chi connectivity index (χ1v) is 10.7. The third-order valence-electron chi connectivity index (χ3n) is 5.74. The van der Waals surface area contributed by atoms with Gasteiger partial charge < -0.3 is 19.4 Å². The van der Waals surface area contributed by atoms with Crippen molar-refractivity contribution in [3.63, 3.8) is 0 Å². The maximum Gasteiger partial charge on any atom is 0.290 e. The molecule has 1 aliphatic heterocycles. The van der Waals surface area contributed by atoms with E-state index < -0.39 is 0 Å². The first kappa shape index (κ1) is 22.1. The monoisotopic (exact) mass is 412 g/mol. The topological polar surface area (TPSA) is 71.8 Å². The lowest BCUT2D eigenvalue weighted by Gasteiger charge is -2.28. The lowest BCUT2D eigenvalue weighted by molar-refractivity contribution is -0.121. The third kappa shape index (κ3) is 5.11. The van der Waals surface area contributed by atoms with E-state index in [1.807, 2.05) is 18.2 Å². The second kappa shape index (κ2) is 9.94. The number of hydrogen-bond donors (Lipinski definition) is 1. The van der Waals surface area contributed by atoms with E-state index in [1.165, 1.54) is 5.56 Å². The molecule has 6 nitrogen and oxygen atoms in total. The molecule has 0 radical (unpaired) electrons. The van der Waals surface area contributed by atoms with Crippen LogP contribution in [0, 0.1) is 11.8 Å². The summed E-state index contributed by atoms with van der Waals surface area (Å²) in [7, 11) is 1.57. The summed E-state index contributed by atoms with van der Waals surface area (Å²) in [6, 6.07) is 11.6. The van der Waals surface area contributed by atoms with Crippen molar-refractivity contribution < 1.29 is 18.7 Å². The van der Waals surface area contributed by atoms with Gasteiger partial charge in [-0.1, -0.05) is 45.0 Å². The zero-order valence-electron chi connectivity index (χ0n) is 18.3. The van der Waals surface area contributed by atoms with E-state index in [9.17, 15) is 9.59 Å². The highest BCUT2D eigenvalue weighted by Gasteiger charge is 2.34. The Bertz CT molecular complexity index is 856. The predicted molar refractivity (Wildman–Crippen MR) is 116 cm³/mol. The molecule has 1 aliphatic rings. The predicted octanol–water partition coefficient (Wildman–Crippen LogP) is 3.76. The molecule has 2 aromatic rings. The second-order valence-electron chi connectivity index (χ2n) is 8.20. The number of benzene rings is 1. The standard InChI is InChI=1S/C24H32N2O4/c1-5-17-6-8-18(9-7-17)20-10-11-21(30-20)24(28)26(15-22(27)25-4)14-19-12-13-29-23(19)16(2)3/h6-11,16,19,23H,5,12-15H2,1-4H3,(H,25,27). The van der Waals surface area contributed by atoms with Crippen LogP contribution in [0.15, 0.2) is 40.8 Å². The van der Waals surface area contributed by atoms with Crippen LogP contribution in [0.5, 0.6) is 0 Å². The zero-order chi connectivity index (χ0) is 21.7. The van der Waals surface area contributed by atoms with Crippen molar-refractivity contribution in [3.05, 3.63) is 47.7 Å². The first-order chi connectivity index (χ1) is 14.4. The van der Waals surface area contributed by atoms with Crippen LogP contribution in [0.2, 0.25) is 0 Å². The van der Waals surface area contributed by atoms with Gasteiger partial charge in [0.15, 0.2) is 5.76 Å². The molecule has 162 valence electrons. The van der Waals surface area contributed by atoms with E-state index in [0.29, 0.717) is 24.8 Å². The zero-order valence-corrected chi connectivity index (χ0v) is 18.3. The summed E-state index contributed by atoms with van der Waals surface area (Å²) < 4.78 is 11.7. The van der Waals surface area contributed by atoms with Crippen LogP contribution in [-0.4, -0.2) is 49.6 Å². The summed E-state index contributed by atoms with van der Waals surface area (Å²) in [5.74, 6) is 0.971. The molecule has 2 unspecified atom stereocenters. The van der Waals surface area contributed by atoms with Gasteiger partial charge in [-0.2, -0.15) is 0 Å². The summed E-state index contributed by atoms with van der Waals surface area (Å²) in [6.45, 7) is 7.51. The maximum absolute atomic E-state index is 13.2. The number of amides is 2. The van der Waals surface area contributed by atoms with Crippen LogP contribution in [0.1, 0.15) is 43.3 Å². The highest BCUT2D eigenvalue weighted by Crippen LogP contribution is 2.29. The molecule has 2 heterocycles. The minimum atomic E-state index is -0.274. The Morgan fingerprint density at radius 2 is 1.90 bits per heavy atom. The maximum atomic E-state index is 13.2. The van der Waals surface area contributed by atoms with Gasteiger partial charge in [-0.3, -0.25) is 9.59 Å². The van der Waals surface area contributed by atoms with Crippen LogP contribution < -0.4 is 5.32 Å². The molecule has 1 saturated heterocycles. The first-order valence-electron chi connectivity index (χ1n) is 10.7. The summed E-state index contributed by atoms with van der Waals surface area (Å²) in [5.41, 5.74) is 2.17. The molecular weight excluding hydrogens is 380 g/mol. The Kier molecular flexibility index (Phi) is 7.32. The molecular formula is C24H32N2O4. The average molecular weight is 413 g/mol. The molecule has 1 aromatic heterocycles.